The van der Waals surface area contributed by atoms with Gasteiger partial charge in [-0.2, -0.15) is 0 Å². The lowest BCUT2D eigenvalue weighted by atomic mass is 10.2. The van der Waals surface area contributed by atoms with E-state index in [4.69, 9.17) is 16.7 Å². The average Bonchev–Trinajstić information content (AvgIpc) is 2.78. The first-order chi connectivity index (χ1) is 8.19. The van der Waals surface area contributed by atoms with Gasteiger partial charge in [0.15, 0.2) is 0 Å². The maximum absolute atomic E-state index is 11.0. The van der Waals surface area contributed by atoms with Gasteiger partial charge in [0, 0.05) is 5.56 Å². The second kappa shape index (κ2) is 5.11. The van der Waals surface area contributed by atoms with E-state index in [-0.39, 0.29) is 17.5 Å². The fraction of sp³-hybridized carbons (Fsp3) is 0.100. The molecule has 0 fully saturated rings. The van der Waals surface area contributed by atoms with Crippen LogP contribution in [0.3, 0.4) is 0 Å². The zero-order chi connectivity index (χ0) is 12.3. The third-order valence-electron chi connectivity index (χ3n) is 1.91. The van der Waals surface area contributed by atoms with Gasteiger partial charge in [-0.15, -0.1) is 21.8 Å². The summed E-state index contributed by atoms with van der Waals surface area (Å²) < 4.78 is 0. The number of benzene rings is 1. The second-order valence-corrected chi connectivity index (χ2v) is 4.39. The largest absolute Gasteiger partial charge is 0.508 e. The molecule has 0 unspecified atom stereocenters. The zero-order valence-electron chi connectivity index (χ0n) is 8.55. The van der Waals surface area contributed by atoms with E-state index < -0.39 is 0 Å². The molecular formula is C10H8ClN3O2S. The zero-order valence-corrected chi connectivity index (χ0v) is 10.1. The van der Waals surface area contributed by atoms with E-state index in [9.17, 15) is 4.79 Å². The van der Waals surface area contributed by atoms with Crippen LogP contribution < -0.4 is 5.32 Å². The lowest BCUT2D eigenvalue weighted by Crippen LogP contribution is -2.12. The van der Waals surface area contributed by atoms with E-state index in [0.717, 1.165) is 5.56 Å². The van der Waals surface area contributed by atoms with E-state index >= 15 is 0 Å². The molecule has 1 amide bonds. The van der Waals surface area contributed by atoms with Crippen molar-refractivity contribution in [3.63, 3.8) is 0 Å². The van der Waals surface area contributed by atoms with Gasteiger partial charge in [-0.3, -0.25) is 10.1 Å². The summed E-state index contributed by atoms with van der Waals surface area (Å²) >= 11 is 6.60. The molecule has 0 aliphatic rings. The van der Waals surface area contributed by atoms with Crippen LogP contribution in [0.15, 0.2) is 24.3 Å². The van der Waals surface area contributed by atoms with Gasteiger partial charge >= 0.3 is 0 Å². The Balaban J connectivity index is 2.18. The van der Waals surface area contributed by atoms with Crippen LogP contribution in [-0.4, -0.2) is 27.1 Å². The van der Waals surface area contributed by atoms with Crippen molar-refractivity contribution >= 4 is 34.0 Å². The van der Waals surface area contributed by atoms with Crippen molar-refractivity contribution in [2.75, 3.05) is 11.2 Å². The van der Waals surface area contributed by atoms with E-state index in [0.29, 0.717) is 10.1 Å². The van der Waals surface area contributed by atoms with Gasteiger partial charge < -0.3 is 5.11 Å². The highest BCUT2D eigenvalue weighted by atomic mass is 35.5. The number of aromatic nitrogens is 2. The molecule has 17 heavy (non-hydrogen) atoms. The smallest absolute Gasteiger partial charge is 0.241 e. The van der Waals surface area contributed by atoms with Crippen molar-refractivity contribution < 1.29 is 9.90 Å². The predicted octanol–water partition coefficient (Wildman–Crippen LogP) is 2.09. The molecular weight excluding hydrogens is 262 g/mol. The molecule has 7 heteroatoms. The number of carbonyl (C=O) groups excluding carboxylic acids is 1. The molecule has 1 aromatic carbocycles. The van der Waals surface area contributed by atoms with Gasteiger partial charge in [0.05, 0.1) is 0 Å². The van der Waals surface area contributed by atoms with E-state index in [1.54, 1.807) is 24.3 Å². The number of phenols is 1. The molecule has 0 saturated carbocycles. The molecule has 0 spiro atoms. The Kier molecular flexibility index (Phi) is 3.55. The molecule has 88 valence electrons. The highest BCUT2D eigenvalue weighted by Gasteiger charge is 2.08. The van der Waals surface area contributed by atoms with E-state index in [1.165, 1.54) is 11.3 Å². The minimum absolute atomic E-state index is 0.117. The maximum atomic E-state index is 11.0. The summed E-state index contributed by atoms with van der Waals surface area (Å²) in [7, 11) is 0. The maximum Gasteiger partial charge on any atom is 0.241 e. The normalized spacial score (nSPS) is 10.2. The van der Waals surface area contributed by atoms with Crippen LogP contribution in [0.2, 0.25) is 0 Å². The Morgan fingerprint density at radius 3 is 2.71 bits per heavy atom. The van der Waals surface area contributed by atoms with Gasteiger partial charge in [0.25, 0.3) is 0 Å². The number of amides is 1. The predicted molar refractivity (Wildman–Crippen MR) is 66.4 cm³/mol. The number of anilines is 1. The molecule has 0 bridgehead atoms. The molecule has 2 N–H and O–H groups in total. The summed E-state index contributed by atoms with van der Waals surface area (Å²) in [5.41, 5.74) is 0.826. The Morgan fingerprint density at radius 2 is 2.06 bits per heavy atom. The van der Waals surface area contributed by atoms with Crippen molar-refractivity contribution in [3.8, 4) is 16.3 Å². The first kappa shape index (κ1) is 11.8. The van der Waals surface area contributed by atoms with Crippen LogP contribution >= 0.6 is 22.9 Å². The summed E-state index contributed by atoms with van der Waals surface area (Å²) in [5, 5.41) is 20.5. The molecule has 0 aliphatic heterocycles. The van der Waals surface area contributed by atoms with Crippen molar-refractivity contribution in [2.45, 2.75) is 0 Å². The summed E-state index contributed by atoms with van der Waals surface area (Å²) in [4.78, 5) is 11.0. The number of hydrogen-bond donors (Lipinski definition) is 2. The first-order valence-electron chi connectivity index (χ1n) is 4.68. The number of carbonyl (C=O) groups is 1. The first-order valence-corrected chi connectivity index (χ1v) is 6.03. The molecule has 1 heterocycles. The lowest BCUT2D eigenvalue weighted by Gasteiger charge is -1.95. The van der Waals surface area contributed by atoms with Gasteiger partial charge in [0.2, 0.25) is 11.0 Å². The Bertz CT molecular complexity index is 527. The van der Waals surface area contributed by atoms with Crippen molar-refractivity contribution in [1.82, 2.24) is 10.2 Å². The molecule has 0 atom stereocenters. The van der Waals surface area contributed by atoms with Crippen LogP contribution in [0.1, 0.15) is 0 Å². The van der Waals surface area contributed by atoms with Gasteiger partial charge in [0.1, 0.15) is 16.6 Å². The summed E-state index contributed by atoms with van der Waals surface area (Å²) in [5.74, 6) is -0.247. The molecule has 2 aromatic rings. The summed E-state index contributed by atoms with van der Waals surface area (Å²) in [6.45, 7) is 0. The SMILES string of the molecule is O=C(CCl)Nc1nnc(-c2ccc(O)cc2)s1. The summed E-state index contributed by atoms with van der Waals surface area (Å²) in [6.07, 6.45) is 0. The van der Waals surface area contributed by atoms with Crippen LogP contribution in [0.4, 0.5) is 5.13 Å². The number of hydrogen-bond acceptors (Lipinski definition) is 5. The molecule has 0 saturated heterocycles. The fourth-order valence-electron chi connectivity index (χ4n) is 1.15. The van der Waals surface area contributed by atoms with Gasteiger partial charge in [-0.1, -0.05) is 11.3 Å². The number of halogens is 1. The lowest BCUT2D eigenvalue weighted by molar-refractivity contribution is -0.113. The van der Waals surface area contributed by atoms with E-state index in [2.05, 4.69) is 15.5 Å². The van der Waals surface area contributed by atoms with Crippen LogP contribution in [-0.2, 0) is 4.79 Å². The highest BCUT2D eigenvalue weighted by Crippen LogP contribution is 2.27. The van der Waals surface area contributed by atoms with Crippen molar-refractivity contribution in [1.29, 1.82) is 0 Å². The Labute approximate surface area is 106 Å². The van der Waals surface area contributed by atoms with E-state index in [1.807, 2.05) is 0 Å². The number of phenolic OH excluding ortho intramolecular Hbond substituents is 1. The highest BCUT2D eigenvalue weighted by molar-refractivity contribution is 7.18. The average molecular weight is 270 g/mol. The topological polar surface area (TPSA) is 75.1 Å². The van der Waals surface area contributed by atoms with Crippen molar-refractivity contribution in [3.05, 3.63) is 24.3 Å². The Hall–Kier alpha value is -1.66. The van der Waals surface area contributed by atoms with Crippen LogP contribution in [0, 0.1) is 0 Å². The standard InChI is InChI=1S/C10H8ClN3O2S/c11-5-8(16)12-10-14-13-9(17-10)6-1-3-7(15)4-2-6/h1-4,15H,5H2,(H,12,14,16). The number of nitrogens with one attached hydrogen (secondary N) is 1. The molecule has 2 rings (SSSR count). The number of alkyl halides is 1. The monoisotopic (exact) mass is 269 g/mol. The quantitative estimate of drug-likeness (QED) is 0.837. The number of nitrogens with zero attached hydrogens (tertiary/aromatic N) is 2. The van der Waals surface area contributed by atoms with Crippen LogP contribution in [0.5, 0.6) is 5.75 Å². The molecule has 5 nitrogen and oxygen atoms in total. The van der Waals surface area contributed by atoms with Gasteiger partial charge in [-0.25, -0.2) is 0 Å². The van der Waals surface area contributed by atoms with Gasteiger partial charge in [-0.05, 0) is 24.3 Å². The van der Waals surface area contributed by atoms with Crippen LogP contribution in [0.25, 0.3) is 10.6 Å². The Morgan fingerprint density at radius 1 is 1.35 bits per heavy atom. The molecule has 1 aromatic heterocycles. The second-order valence-electron chi connectivity index (χ2n) is 3.14. The summed E-state index contributed by atoms with van der Waals surface area (Å²) in [6, 6.07) is 6.58. The minimum atomic E-state index is -0.319. The fourth-order valence-corrected chi connectivity index (χ4v) is 1.98. The number of aromatic hydroxyl groups is 1. The third kappa shape index (κ3) is 2.92. The minimum Gasteiger partial charge on any atom is -0.508 e. The molecule has 0 radical (unpaired) electrons. The molecule has 0 aliphatic carbocycles. The van der Waals surface area contributed by atoms with Crippen molar-refractivity contribution in [2.24, 2.45) is 0 Å². The third-order valence-corrected chi connectivity index (χ3v) is 3.04. The number of rotatable bonds is 3.